The average molecular weight is 383 g/mol. The summed E-state index contributed by atoms with van der Waals surface area (Å²) in [5.41, 5.74) is 5.41. The minimum atomic E-state index is -0.310. The van der Waals surface area contributed by atoms with E-state index in [0.29, 0.717) is 29.1 Å². The number of benzene rings is 2. The van der Waals surface area contributed by atoms with Crippen LogP contribution in [0.15, 0.2) is 47.6 Å². The number of hydrazone groups is 1. The van der Waals surface area contributed by atoms with Gasteiger partial charge in [0, 0.05) is 44.7 Å². The molecule has 0 saturated carbocycles. The summed E-state index contributed by atoms with van der Waals surface area (Å²) in [5, 5.41) is 12.9. The Bertz CT molecular complexity index is 865. The van der Waals surface area contributed by atoms with E-state index in [1.54, 1.807) is 25.1 Å². The molecule has 1 saturated heterocycles. The molecule has 28 heavy (non-hydrogen) atoms. The van der Waals surface area contributed by atoms with Crippen LogP contribution in [0.5, 0.6) is 0 Å². The zero-order valence-corrected chi connectivity index (χ0v) is 15.8. The van der Waals surface area contributed by atoms with E-state index in [0.717, 1.165) is 32.7 Å². The van der Waals surface area contributed by atoms with Crippen molar-refractivity contribution >= 4 is 17.1 Å². The predicted molar refractivity (Wildman–Crippen MR) is 108 cm³/mol. The van der Waals surface area contributed by atoms with Crippen LogP contribution in [0.4, 0.5) is 20.2 Å². The molecule has 3 rings (SSSR count). The fourth-order valence-corrected chi connectivity index (χ4v) is 3.15. The van der Waals surface area contributed by atoms with Gasteiger partial charge in [-0.1, -0.05) is 6.07 Å². The molecule has 0 bridgehead atoms. The number of hydrogen-bond donors (Lipinski definition) is 1. The average Bonchev–Trinajstić information content (AvgIpc) is 2.72. The Labute approximate surface area is 163 Å². The number of hydrogen-bond acceptors (Lipinski definition) is 5. The van der Waals surface area contributed by atoms with Crippen molar-refractivity contribution in [2.24, 2.45) is 5.10 Å². The largest absolute Gasteiger partial charge is 0.367 e. The van der Waals surface area contributed by atoms with Gasteiger partial charge < -0.3 is 4.90 Å². The summed E-state index contributed by atoms with van der Waals surface area (Å²) in [6, 6.07) is 13.2. The summed E-state index contributed by atoms with van der Waals surface area (Å²) < 4.78 is 27.6. The highest BCUT2D eigenvalue weighted by atomic mass is 19.1. The number of nitrogens with one attached hydrogen (secondary N) is 1. The number of nitrogens with zero attached hydrogens (tertiary/aromatic N) is 4. The third-order valence-corrected chi connectivity index (χ3v) is 4.82. The molecule has 2 aromatic carbocycles. The minimum absolute atomic E-state index is 0.278. The Kier molecular flexibility index (Phi) is 6.56. The molecule has 0 aromatic heterocycles. The van der Waals surface area contributed by atoms with Gasteiger partial charge in [0.25, 0.3) is 0 Å². The first-order valence-electron chi connectivity index (χ1n) is 9.27. The summed E-state index contributed by atoms with van der Waals surface area (Å²) in [4.78, 5) is 4.26. The van der Waals surface area contributed by atoms with Gasteiger partial charge in [-0.2, -0.15) is 10.4 Å². The Balaban J connectivity index is 1.63. The Morgan fingerprint density at radius 2 is 1.82 bits per heavy atom. The first-order chi connectivity index (χ1) is 13.6. The maximum atomic E-state index is 14.7. The highest BCUT2D eigenvalue weighted by Gasteiger charge is 2.19. The predicted octanol–water partition coefficient (Wildman–Crippen LogP) is 3.84. The number of rotatable bonds is 6. The second kappa shape index (κ2) is 9.29. The van der Waals surface area contributed by atoms with Crippen molar-refractivity contribution in [3.8, 4) is 6.07 Å². The van der Waals surface area contributed by atoms with Crippen LogP contribution in [0.2, 0.25) is 0 Å². The van der Waals surface area contributed by atoms with Gasteiger partial charge >= 0.3 is 0 Å². The highest BCUT2D eigenvalue weighted by molar-refractivity contribution is 5.99. The highest BCUT2D eigenvalue weighted by Crippen LogP contribution is 2.22. The van der Waals surface area contributed by atoms with E-state index in [4.69, 9.17) is 5.26 Å². The molecule has 1 heterocycles. The molecule has 0 aliphatic carbocycles. The Morgan fingerprint density at radius 1 is 1.11 bits per heavy atom. The van der Waals surface area contributed by atoms with Crippen molar-refractivity contribution in [3.05, 3.63) is 59.7 Å². The summed E-state index contributed by atoms with van der Waals surface area (Å²) in [5.74, 6) is -0.589. The molecule has 1 aliphatic rings. The smallest absolute Gasteiger partial charge is 0.147 e. The van der Waals surface area contributed by atoms with Crippen LogP contribution in [0.3, 0.4) is 0 Å². The second-order valence-electron chi connectivity index (χ2n) is 6.72. The van der Waals surface area contributed by atoms with E-state index >= 15 is 0 Å². The van der Waals surface area contributed by atoms with E-state index in [-0.39, 0.29) is 11.6 Å². The van der Waals surface area contributed by atoms with Gasteiger partial charge in [0.05, 0.1) is 23.2 Å². The maximum Gasteiger partial charge on any atom is 0.147 e. The van der Waals surface area contributed by atoms with Crippen LogP contribution in [-0.2, 0) is 0 Å². The van der Waals surface area contributed by atoms with Crippen molar-refractivity contribution < 1.29 is 8.78 Å². The quantitative estimate of drug-likeness (QED) is 0.608. The van der Waals surface area contributed by atoms with Crippen LogP contribution >= 0.6 is 0 Å². The van der Waals surface area contributed by atoms with Crippen molar-refractivity contribution in [2.75, 3.05) is 43.0 Å². The minimum Gasteiger partial charge on any atom is -0.367 e. The van der Waals surface area contributed by atoms with Crippen LogP contribution < -0.4 is 10.3 Å². The first-order valence-corrected chi connectivity index (χ1v) is 9.27. The van der Waals surface area contributed by atoms with Gasteiger partial charge in [-0.15, -0.1) is 0 Å². The second-order valence-corrected chi connectivity index (χ2v) is 6.72. The molecule has 0 spiro atoms. The fraction of sp³-hybridized carbons (Fsp3) is 0.333. The van der Waals surface area contributed by atoms with E-state index in [9.17, 15) is 8.78 Å². The van der Waals surface area contributed by atoms with E-state index in [2.05, 4.69) is 21.5 Å². The number of anilines is 2. The molecular weight excluding hydrogens is 360 g/mol. The molecule has 146 valence electrons. The van der Waals surface area contributed by atoms with E-state index in [1.165, 1.54) is 18.2 Å². The Morgan fingerprint density at radius 3 is 2.46 bits per heavy atom. The molecule has 0 amide bonds. The third kappa shape index (κ3) is 5.05. The molecule has 7 heteroatoms. The lowest BCUT2D eigenvalue weighted by Crippen LogP contribution is -2.46. The van der Waals surface area contributed by atoms with E-state index in [1.807, 2.05) is 11.0 Å². The molecular formula is C21H23F2N5. The Hall–Kier alpha value is -2.98. The van der Waals surface area contributed by atoms with Crippen molar-refractivity contribution in [3.63, 3.8) is 0 Å². The molecule has 0 unspecified atom stereocenters. The van der Waals surface area contributed by atoms with Gasteiger partial charge in [-0.05, 0) is 43.3 Å². The summed E-state index contributed by atoms with van der Waals surface area (Å²) in [6.07, 6.45) is 0.521. The van der Waals surface area contributed by atoms with Crippen LogP contribution in [0, 0.1) is 23.0 Å². The normalized spacial score (nSPS) is 15.4. The zero-order chi connectivity index (χ0) is 19.9. The van der Waals surface area contributed by atoms with E-state index < -0.39 is 0 Å². The van der Waals surface area contributed by atoms with Gasteiger partial charge in [0.1, 0.15) is 11.6 Å². The molecule has 0 radical (unpaired) electrons. The standard InChI is InChI=1S/C21H23F2N5/c1-16(25-26-19-6-4-18(22)5-7-19)17-3-8-21(20(23)15-17)28-13-11-27(12-14-28)10-2-9-24/h3-8,15,26H,2,10-14H2,1H3/b25-16-. The lowest BCUT2D eigenvalue weighted by molar-refractivity contribution is 0.263. The monoisotopic (exact) mass is 383 g/mol. The van der Waals surface area contributed by atoms with Crippen molar-refractivity contribution in [1.29, 1.82) is 5.26 Å². The topological polar surface area (TPSA) is 54.7 Å². The fourth-order valence-electron chi connectivity index (χ4n) is 3.15. The molecule has 1 aliphatic heterocycles. The van der Waals surface area contributed by atoms with Crippen LogP contribution in [0.1, 0.15) is 18.9 Å². The van der Waals surface area contributed by atoms with Crippen molar-refractivity contribution in [1.82, 2.24) is 4.90 Å². The summed E-state index contributed by atoms with van der Waals surface area (Å²) >= 11 is 0. The first kappa shape index (κ1) is 19.8. The summed E-state index contributed by atoms with van der Waals surface area (Å²) in [7, 11) is 0. The number of nitriles is 1. The van der Waals surface area contributed by atoms with Gasteiger partial charge in [0.15, 0.2) is 0 Å². The number of piperazine rings is 1. The molecule has 2 aromatic rings. The lowest BCUT2D eigenvalue weighted by atomic mass is 10.1. The van der Waals surface area contributed by atoms with Crippen LogP contribution in [-0.4, -0.2) is 43.3 Å². The molecule has 0 atom stereocenters. The van der Waals surface area contributed by atoms with Crippen LogP contribution in [0.25, 0.3) is 0 Å². The third-order valence-electron chi connectivity index (χ3n) is 4.82. The van der Waals surface area contributed by atoms with Gasteiger partial charge in [-0.25, -0.2) is 8.78 Å². The maximum absolute atomic E-state index is 14.7. The molecule has 5 nitrogen and oxygen atoms in total. The number of halogens is 2. The SMILES string of the molecule is C/C(=N/Nc1ccc(F)cc1)c1ccc(N2CCN(CCC#N)CC2)c(F)c1. The molecule has 1 N–H and O–H groups in total. The zero-order valence-electron chi connectivity index (χ0n) is 15.8. The van der Waals surface area contributed by atoms with Gasteiger partial charge in [-0.3, -0.25) is 10.3 Å². The molecule has 1 fully saturated rings. The van der Waals surface area contributed by atoms with Crippen molar-refractivity contribution in [2.45, 2.75) is 13.3 Å². The summed E-state index contributed by atoms with van der Waals surface area (Å²) in [6.45, 7) is 5.68. The van der Waals surface area contributed by atoms with Gasteiger partial charge in [0.2, 0.25) is 0 Å². The lowest BCUT2D eigenvalue weighted by Gasteiger charge is -2.36.